The van der Waals surface area contributed by atoms with E-state index in [0.717, 1.165) is 42.9 Å². The molecule has 1 amide bonds. The maximum atomic E-state index is 12.7. The summed E-state index contributed by atoms with van der Waals surface area (Å²) in [5.41, 5.74) is 3.11. The Morgan fingerprint density at radius 3 is 2.82 bits per heavy atom. The average Bonchev–Trinajstić information content (AvgIpc) is 3.21. The van der Waals surface area contributed by atoms with Crippen LogP contribution in [-0.4, -0.2) is 47.2 Å². The average molecular weight is 296 g/mol. The second-order valence-electron chi connectivity index (χ2n) is 6.73. The molecule has 0 aliphatic carbocycles. The maximum absolute atomic E-state index is 12.7. The van der Waals surface area contributed by atoms with E-state index in [1.54, 1.807) is 6.20 Å². The first-order valence-corrected chi connectivity index (χ1v) is 7.75. The van der Waals surface area contributed by atoms with Crippen LogP contribution >= 0.6 is 0 Å². The summed E-state index contributed by atoms with van der Waals surface area (Å²) in [6, 6.07) is 7.80. The van der Waals surface area contributed by atoms with E-state index in [-0.39, 0.29) is 11.3 Å². The highest BCUT2D eigenvalue weighted by Crippen LogP contribution is 2.38. The van der Waals surface area contributed by atoms with Crippen LogP contribution in [0, 0.1) is 11.3 Å². The Labute approximate surface area is 129 Å². The van der Waals surface area contributed by atoms with E-state index in [0.29, 0.717) is 5.92 Å². The van der Waals surface area contributed by atoms with Crippen molar-refractivity contribution in [2.24, 2.45) is 11.3 Å². The van der Waals surface area contributed by atoms with Crippen molar-refractivity contribution in [2.45, 2.75) is 6.92 Å². The summed E-state index contributed by atoms with van der Waals surface area (Å²) in [5, 5.41) is 10.2. The molecule has 5 nitrogen and oxygen atoms in total. The van der Waals surface area contributed by atoms with Gasteiger partial charge in [-0.05, 0) is 23.6 Å². The Balaban J connectivity index is 1.52. The first-order chi connectivity index (χ1) is 10.7. The minimum absolute atomic E-state index is 0.148. The maximum Gasteiger partial charge on any atom is 0.253 e. The van der Waals surface area contributed by atoms with Crippen LogP contribution in [0.15, 0.2) is 36.7 Å². The predicted octanol–water partition coefficient (Wildman–Crippen LogP) is 1.76. The van der Waals surface area contributed by atoms with Gasteiger partial charge >= 0.3 is 0 Å². The van der Waals surface area contributed by atoms with Crippen molar-refractivity contribution >= 4 is 5.91 Å². The summed E-state index contributed by atoms with van der Waals surface area (Å²) in [6.45, 7) is 6.05. The minimum Gasteiger partial charge on any atom is -0.338 e. The molecule has 1 aromatic carbocycles. The summed E-state index contributed by atoms with van der Waals surface area (Å²) >= 11 is 0. The van der Waals surface area contributed by atoms with E-state index < -0.39 is 0 Å². The number of nitrogens with zero attached hydrogens (tertiary/aromatic N) is 2. The van der Waals surface area contributed by atoms with Crippen LogP contribution in [0.1, 0.15) is 17.3 Å². The van der Waals surface area contributed by atoms with E-state index in [9.17, 15) is 4.79 Å². The Kier molecular flexibility index (Phi) is 3.04. The second-order valence-corrected chi connectivity index (χ2v) is 6.73. The fourth-order valence-electron chi connectivity index (χ4n) is 3.71. The predicted molar refractivity (Wildman–Crippen MR) is 84.4 cm³/mol. The normalized spacial score (nSPS) is 27.1. The molecule has 0 unspecified atom stereocenters. The molecule has 2 aliphatic heterocycles. The van der Waals surface area contributed by atoms with Crippen molar-refractivity contribution < 1.29 is 4.79 Å². The SMILES string of the molecule is C[C@]12CNC[C@H]1CN(C(=O)c1ccc(-c3cn[nH]c3)cc1)C2. The molecule has 22 heavy (non-hydrogen) atoms. The molecule has 2 N–H and O–H groups in total. The molecule has 2 atom stereocenters. The molecule has 0 radical (unpaired) electrons. The molecule has 2 fully saturated rings. The number of aromatic nitrogens is 2. The van der Waals surface area contributed by atoms with Gasteiger partial charge in [-0.2, -0.15) is 5.10 Å². The molecule has 2 aromatic rings. The van der Waals surface area contributed by atoms with Gasteiger partial charge in [0.25, 0.3) is 5.91 Å². The summed E-state index contributed by atoms with van der Waals surface area (Å²) in [6.07, 6.45) is 3.64. The van der Waals surface area contributed by atoms with Crippen molar-refractivity contribution in [3.05, 3.63) is 42.2 Å². The van der Waals surface area contributed by atoms with Gasteiger partial charge in [-0.3, -0.25) is 9.89 Å². The number of carbonyl (C=O) groups is 1. The summed E-state index contributed by atoms with van der Waals surface area (Å²) < 4.78 is 0. The van der Waals surface area contributed by atoms with Crippen molar-refractivity contribution in [1.82, 2.24) is 20.4 Å². The summed E-state index contributed by atoms with van der Waals surface area (Å²) in [7, 11) is 0. The third-order valence-electron chi connectivity index (χ3n) is 5.15. The van der Waals surface area contributed by atoms with Crippen LogP contribution in [0.25, 0.3) is 11.1 Å². The molecule has 0 saturated carbocycles. The number of rotatable bonds is 2. The van der Waals surface area contributed by atoms with Crippen LogP contribution in [0.3, 0.4) is 0 Å². The zero-order valence-electron chi connectivity index (χ0n) is 12.7. The number of benzene rings is 1. The lowest BCUT2D eigenvalue weighted by Crippen LogP contribution is -2.34. The van der Waals surface area contributed by atoms with Gasteiger partial charge in [-0.1, -0.05) is 19.1 Å². The Hall–Kier alpha value is -2.14. The van der Waals surface area contributed by atoms with Gasteiger partial charge in [-0.25, -0.2) is 0 Å². The molecule has 114 valence electrons. The molecule has 0 spiro atoms. The topological polar surface area (TPSA) is 61.0 Å². The molecule has 0 bridgehead atoms. The zero-order valence-corrected chi connectivity index (χ0v) is 12.7. The van der Waals surface area contributed by atoms with Crippen LogP contribution in [0.4, 0.5) is 0 Å². The first kappa shape index (κ1) is 13.5. The van der Waals surface area contributed by atoms with E-state index in [2.05, 4.69) is 22.4 Å². The third-order valence-corrected chi connectivity index (χ3v) is 5.15. The van der Waals surface area contributed by atoms with Gasteiger partial charge in [0.2, 0.25) is 0 Å². The largest absolute Gasteiger partial charge is 0.338 e. The van der Waals surface area contributed by atoms with Gasteiger partial charge in [-0.15, -0.1) is 0 Å². The summed E-state index contributed by atoms with van der Waals surface area (Å²) in [4.78, 5) is 14.7. The smallest absolute Gasteiger partial charge is 0.253 e. The van der Waals surface area contributed by atoms with Crippen LogP contribution in [0.5, 0.6) is 0 Å². The van der Waals surface area contributed by atoms with Crippen LogP contribution < -0.4 is 5.32 Å². The molecule has 1 aromatic heterocycles. The number of aromatic amines is 1. The van der Waals surface area contributed by atoms with Gasteiger partial charge in [0.05, 0.1) is 6.20 Å². The fourth-order valence-corrected chi connectivity index (χ4v) is 3.71. The Bertz CT molecular complexity index is 679. The minimum atomic E-state index is 0.148. The second kappa shape index (κ2) is 4.95. The van der Waals surface area contributed by atoms with E-state index in [1.807, 2.05) is 35.4 Å². The Morgan fingerprint density at radius 2 is 2.14 bits per heavy atom. The lowest BCUT2D eigenvalue weighted by molar-refractivity contribution is 0.0773. The highest BCUT2D eigenvalue weighted by molar-refractivity contribution is 5.95. The van der Waals surface area contributed by atoms with E-state index in [1.165, 1.54) is 0 Å². The molecule has 2 aliphatic rings. The number of amides is 1. The number of likely N-dealkylation sites (tertiary alicyclic amines) is 1. The van der Waals surface area contributed by atoms with Crippen molar-refractivity contribution in [1.29, 1.82) is 0 Å². The van der Waals surface area contributed by atoms with Crippen molar-refractivity contribution in [3.63, 3.8) is 0 Å². The number of nitrogens with one attached hydrogen (secondary N) is 2. The number of H-pyrrole nitrogens is 1. The van der Waals surface area contributed by atoms with Crippen LogP contribution in [0.2, 0.25) is 0 Å². The zero-order chi connectivity index (χ0) is 15.2. The Morgan fingerprint density at radius 1 is 1.32 bits per heavy atom. The molecular formula is C17H20N4O. The fraction of sp³-hybridized carbons (Fsp3) is 0.412. The third kappa shape index (κ3) is 2.13. The van der Waals surface area contributed by atoms with E-state index >= 15 is 0 Å². The van der Waals surface area contributed by atoms with Crippen molar-refractivity contribution in [3.8, 4) is 11.1 Å². The molecule has 5 heteroatoms. The number of hydrogen-bond acceptors (Lipinski definition) is 3. The van der Waals surface area contributed by atoms with Gasteiger partial charge in [0, 0.05) is 48.9 Å². The lowest BCUT2D eigenvalue weighted by atomic mass is 9.83. The quantitative estimate of drug-likeness (QED) is 0.887. The van der Waals surface area contributed by atoms with Gasteiger partial charge in [0.15, 0.2) is 0 Å². The first-order valence-electron chi connectivity index (χ1n) is 7.75. The summed E-state index contributed by atoms with van der Waals surface area (Å²) in [5.74, 6) is 0.732. The molecule has 2 saturated heterocycles. The highest BCUT2D eigenvalue weighted by atomic mass is 16.2. The number of fused-ring (bicyclic) bond motifs is 1. The lowest BCUT2D eigenvalue weighted by Gasteiger charge is -2.22. The standard InChI is InChI=1S/C17H20N4O/c1-17-10-18-8-15(17)9-21(11-17)16(22)13-4-2-12(3-5-13)14-6-19-20-7-14/h2-7,15,18H,8-11H2,1H3,(H,19,20)/t15-,17+/m0/s1. The van der Waals surface area contributed by atoms with Gasteiger partial charge in [0.1, 0.15) is 0 Å². The van der Waals surface area contributed by atoms with Crippen LogP contribution in [-0.2, 0) is 0 Å². The molecule has 3 heterocycles. The highest BCUT2D eigenvalue weighted by Gasteiger charge is 2.47. The number of carbonyl (C=O) groups excluding carboxylic acids is 1. The van der Waals surface area contributed by atoms with E-state index in [4.69, 9.17) is 0 Å². The van der Waals surface area contributed by atoms with Crippen molar-refractivity contribution in [2.75, 3.05) is 26.2 Å². The molecular weight excluding hydrogens is 276 g/mol. The van der Waals surface area contributed by atoms with Gasteiger partial charge < -0.3 is 10.2 Å². The molecule has 4 rings (SSSR count). The monoisotopic (exact) mass is 296 g/mol. The number of hydrogen-bond donors (Lipinski definition) is 2.